The average Bonchev–Trinajstić information content (AvgIpc) is 2.57. The van der Waals surface area contributed by atoms with Gasteiger partial charge in [-0.1, -0.05) is 11.8 Å². The van der Waals surface area contributed by atoms with Crippen LogP contribution in [0.5, 0.6) is 0 Å². The third-order valence-corrected chi connectivity index (χ3v) is 2.96. The third-order valence-electron chi connectivity index (χ3n) is 2.22. The van der Waals surface area contributed by atoms with Crippen LogP contribution in [-0.2, 0) is 11.8 Å². The van der Waals surface area contributed by atoms with E-state index in [1.165, 1.54) is 18.0 Å². The normalized spacial score (nSPS) is 12.2. The van der Waals surface area contributed by atoms with Crippen LogP contribution in [0.4, 0.5) is 0 Å². The maximum Gasteiger partial charge on any atom is 0.305 e. The van der Waals surface area contributed by atoms with Gasteiger partial charge < -0.3 is 15.0 Å². The minimum atomic E-state index is -0.937. The molecule has 6 nitrogen and oxygen atoms in total. The van der Waals surface area contributed by atoms with E-state index in [1.54, 1.807) is 18.5 Å². The lowest BCUT2D eigenvalue weighted by Gasteiger charge is -2.11. The molecule has 0 saturated heterocycles. The molecule has 0 aliphatic rings. The Balaban J connectivity index is 2.69. The van der Waals surface area contributed by atoms with Crippen LogP contribution >= 0.6 is 11.8 Å². The summed E-state index contributed by atoms with van der Waals surface area (Å²) in [6, 6.07) is -0.410. The molecule has 0 bridgehead atoms. The van der Waals surface area contributed by atoms with Crippen LogP contribution < -0.4 is 5.32 Å². The molecule has 0 fully saturated rings. The van der Waals surface area contributed by atoms with Gasteiger partial charge >= 0.3 is 5.97 Å². The molecule has 0 spiro atoms. The molecule has 1 rings (SSSR count). The Morgan fingerprint density at radius 3 is 2.76 bits per heavy atom. The van der Waals surface area contributed by atoms with Crippen molar-refractivity contribution in [2.75, 3.05) is 6.26 Å². The number of aromatic nitrogens is 2. The lowest BCUT2D eigenvalue weighted by Crippen LogP contribution is -2.35. The van der Waals surface area contributed by atoms with Crippen molar-refractivity contribution in [1.29, 1.82) is 0 Å². The van der Waals surface area contributed by atoms with E-state index in [2.05, 4.69) is 10.3 Å². The summed E-state index contributed by atoms with van der Waals surface area (Å²) < 4.78 is 1.67. The zero-order valence-corrected chi connectivity index (χ0v) is 10.7. The fourth-order valence-electron chi connectivity index (χ4n) is 1.40. The molecule has 0 unspecified atom stereocenters. The summed E-state index contributed by atoms with van der Waals surface area (Å²) in [5, 5.41) is 11.9. The SMILES string of the molecule is CSc1ncc(C(=O)N[C@H](C)CC(=O)O)n1C. The van der Waals surface area contributed by atoms with E-state index >= 15 is 0 Å². The summed E-state index contributed by atoms with van der Waals surface area (Å²) >= 11 is 1.44. The number of amides is 1. The Hall–Kier alpha value is -1.50. The number of hydrogen-bond acceptors (Lipinski definition) is 4. The van der Waals surface area contributed by atoms with Gasteiger partial charge in [0, 0.05) is 13.1 Å². The summed E-state index contributed by atoms with van der Waals surface area (Å²) in [5.74, 6) is -1.25. The molecule has 1 aromatic heterocycles. The summed E-state index contributed by atoms with van der Waals surface area (Å²) in [6.45, 7) is 1.65. The van der Waals surface area contributed by atoms with E-state index in [4.69, 9.17) is 5.11 Å². The summed E-state index contributed by atoms with van der Waals surface area (Å²) in [4.78, 5) is 26.4. The van der Waals surface area contributed by atoms with Crippen LogP contribution in [0.2, 0.25) is 0 Å². The maximum atomic E-state index is 11.8. The van der Waals surface area contributed by atoms with E-state index in [-0.39, 0.29) is 12.3 Å². The Bertz CT molecular complexity index is 430. The van der Waals surface area contributed by atoms with Gasteiger partial charge in [0.05, 0.1) is 12.6 Å². The number of imidazole rings is 1. The molecule has 94 valence electrons. The van der Waals surface area contributed by atoms with Crippen LogP contribution in [0.15, 0.2) is 11.4 Å². The number of carboxylic acid groups (broad SMARTS) is 1. The van der Waals surface area contributed by atoms with Crippen molar-refractivity contribution in [3.63, 3.8) is 0 Å². The first-order valence-corrected chi connectivity index (χ1v) is 6.26. The van der Waals surface area contributed by atoms with Crippen LogP contribution in [0.3, 0.4) is 0 Å². The summed E-state index contributed by atoms with van der Waals surface area (Å²) in [6.07, 6.45) is 3.25. The smallest absolute Gasteiger partial charge is 0.305 e. The molecular weight excluding hydrogens is 242 g/mol. The topological polar surface area (TPSA) is 84.2 Å². The Labute approximate surface area is 103 Å². The molecule has 2 N–H and O–H groups in total. The monoisotopic (exact) mass is 257 g/mol. The molecule has 0 aliphatic heterocycles. The van der Waals surface area contributed by atoms with Gasteiger partial charge in [0.25, 0.3) is 5.91 Å². The lowest BCUT2D eigenvalue weighted by atomic mass is 10.2. The van der Waals surface area contributed by atoms with Gasteiger partial charge in [-0.25, -0.2) is 4.98 Å². The van der Waals surface area contributed by atoms with Crippen molar-refractivity contribution in [3.8, 4) is 0 Å². The largest absolute Gasteiger partial charge is 0.481 e. The van der Waals surface area contributed by atoms with Crippen molar-refractivity contribution >= 4 is 23.6 Å². The summed E-state index contributed by atoms with van der Waals surface area (Å²) in [7, 11) is 1.75. The highest BCUT2D eigenvalue weighted by Crippen LogP contribution is 2.13. The van der Waals surface area contributed by atoms with E-state index in [9.17, 15) is 9.59 Å². The second-order valence-electron chi connectivity index (χ2n) is 3.66. The van der Waals surface area contributed by atoms with Crippen molar-refractivity contribution in [2.24, 2.45) is 7.05 Å². The standard InChI is InChI=1S/C10H15N3O3S/c1-6(4-8(14)15)12-9(16)7-5-11-10(17-3)13(7)2/h5-6H,4H2,1-3H3,(H,12,16)(H,14,15)/t6-/m1/s1. The molecule has 1 amide bonds. The van der Waals surface area contributed by atoms with Crippen molar-refractivity contribution in [3.05, 3.63) is 11.9 Å². The highest BCUT2D eigenvalue weighted by atomic mass is 32.2. The van der Waals surface area contributed by atoms with Crippen molar-refractivity contribution in [1.82, 2.24) is 14.9 Å². The van der Waals surface area contributed by atoms with Gasteiger partial charge in [-0.05, 0) is 13.2 Å². The Morgan fingerprint density at radius 2 is 2.29 bits per heavy atom. The van der Waals surface area contributed by atoms with Crippen molar-refractivity contribution < 1.29 is 14.7 Å². The van der Waals surface area contributed by atoms with Gasteiger partial charge in [-0.15, -0.1) is 0 Å². The fourth-order valence-corrected chi connectivity index (χ4v) is 1.93. The number of carboxylic acids is 1. The van der Waals surface area contributed by atoms with Crippen LogP contribution in [0.25, 0.3) is 0 Å². The number of carbonyl (C=O) groups is 2. The predicted octanol–water partition coefficient (Wildman–Crippen LogP) is 0.735. The molecule has 0 aromatic carbocycles. The van der Waals surface area contributed by atoms with Crippen LogP contribution in [0.1, 0.15) is 23.8 Å². The van der Waals surface area contributed by atoms with Gasteiger partial charge in [0.2, 0.25) is 0 Å². The van der Waals surface area contributed by atoms with E-state index < -0.39 is 12.0 Å². The first-order valence-electron chi connectivity index (χ1n) is 5.04. The quantitative estimate of drug-likeness (QED) is 0.760. The van der Waals surface area contributed by atoms with Crippen molar-refractivity contribution in [2.45, 2.75) is 24.5 Å². The number of carbonyl (C=O) groups excluding carboxylic acids is 1. The minimum absolute atomic E-state index is 0.0982. The number of aliphatic carboxylic acids is 1. The first kappa shape index (κ1) is 13.6. The Morgan fingerprint density at radius 1 is 1.65 bits per heavy atom. The first-order chi connectivity index (χ1) is 7.95. The summed E-state index contributed by atoms with van der Waals surface area (Å²) in [5.41, 5.74) is 0.423. The third kappa shape index (κ3) is 3.48. The average molecular weight is 257 g/mol. The van der Waals surface area contributed by atoms with E-state index in [0.717, 1.165) is 5.16 Å². The molecule has 0 saturated carbocycles. The van der Waals surface area contributed by atoms with E-state index in [1.807, 2.05) is 6.26 Å². The number of hydrogen-bond donors (Lipinski definition) is 2. The van der Waals surface area contributed by atoms with Gasteiger partial charge in [0.15, 0.2) is 5.16 Å². The molecule has 7 heteroatoms. The zero-order chi connectivity index (χ0) is 13.0. The predicted molar refractivity (Wildman–Crippen MR) is 64.2 cm³/mol. The van der Waals surface area contributed by atoms with Crippen LogP contribution in [0, 0.1) is 0 Å². The number of thioether (sulfide) groups is 1. The Kier molecular flexibility index (Phi) is 4.56. The molecule has 1 atom stereocenters. The fraction of sp³-hybridized carbons (Fsp3) is 0.500. The van der Waals surface area contributed by atoms with Gasteiger partial charge in [-0.3, -0.25) is 9.59 Å². The van der Waals surface area contributed by atoms with Gasteiger partial charge in [0.1, 0.15) is 5.69 Å². The molecule has 0 aliphatic carbocycles. The van der Waals surface area contributed by atoms with Crippen LogP contribution in [-0.4, -0.2) is 38.8 Å². The highest BCUT2D eigenvalue weighted by Gasteiger charge is 2.16. The molecular formula is C10H15N3O3S. The number of nitrogens with one attached hydrogen (secondary N) is 1. The molecule has 17 heavy (non-hydrogen) atoms. The number of rotatable bonds is 5. The van der Waals surface area contributed by atoms with Gasteiger partial charge in [-0.2, -0.15) is 0 Å². The second kappa shape index (κ2) is 5.72. The maximum absolute atomic E-state index is 11.8. The number of nitrogens with zero attached hydrogens (tertiary/aromatic N) is 2. The van der Waals surface area contributed by atoms with E-state index in [0.29, 0.717) is 5.69 Å². The molecule has 1 heterocycles. The highest BCUT2D eigenvalue weighted by molar-refractivity contribution is 7.98. The second-order valence-corrected chi connectivity index (χ2v) is 4.43. The minimum Gasteiger partial charge on any atom is -0.481 e. The zero-order valence-electron chi connectivity index (χ0n) is 9.93. The molecule has 1 aromatic rings. The molecule has 0 radical (unpaired) electrons. The lowest BCUT2D eigenvalue weighted by molar-refractivity contribution is -0.137.